The van der Waals surface area contributed by atoms with Crippen LogP contribution in [0.2, 0.25) is 0 Å². The largest absolute Gasteiger partial charge is 0.493 e. The van der Waals surface area contributed by atoms with Gasteiger partial charge >= 0.3 is 0 Å². The first-order valence-corrected chi connectivity index (χ1v) is 8.76. The van der Waals surface area contributed by atoms with E-state index in [4.69, 9.17) is 14.2 Å². The normalized spacial score (nSPS) is 13.1. The number of ether oxygens (including phenoxy) is 3. The molecule has 2 aromatic rings. The smallest absolute Gasteiger partial charge is 0.256 e. The lowest BCUT2D eigenvalue weighted by atomic mass is 9.95. The SMILES string of the molecule is COc1cc(NC(=O)c2csc3c2CCCC3)cc(OC)c1OC. The minimum absolute atomic E-state index is 0.0938. The number of methoxy groups -OCH3 is 3. The molecule has 0 spiro atoms. The van der Waals surface area contributed by atoms with E-state index in [1.54, 1.807) is 44.8 Å². The summed E-state index contributed by atoms with van der Waals surface area (Å²) in [5.74, 6) is 1.44. The van der Waals surface area contributed by atoms with E-state index in [0.717, 1.165) is 24.8 Å². The van der Waals surface area contributed by atoms with E-state index in [9.17, 15) is 4.79 Å². The highest BCUT2D eigenvalue weighted by atomic mass is 32.1. The Bertz CT molecular complexity index is 728. The predicted molar refractivity (Wildman–Crippen MR) is 95.0 cm³/mol. The van der Waals surface area contributed by atoms with Gasteiger partial charge in [-0.1, -0.05) is 0 Å². The number of hydrogen-bond donors (Lipinski definition) is 1. The van der Waals surface area contributed by atoms with Gasteiger partial charge in [0.2, 0.25) is 5.75 Å². The fourth-order valence-corrected chi connectivity index (χ4v) is 4.16. The Hall–Kier alpha value is -2.21. The van der Waals surface area contributed by atoms with Gasteiger partial charge in [-0.25, -0.2) is 0 Å². The Morgan fingerprint density at radius 3 is 2.33 bits per heavy atom. The summed E-state index contributed by atoms with van der Waals surface area (Å²) in [4.78, 5) is 14.0. The summed E-state index contributed by atoms with van der Waals surface area (Å²) >= 11 is 1.68. The molecule has 6 heteroatoms. The number of nitrogens with one attached hydrogen (secondary N) is 1. The van der Waals surface area contributed by atoms with Crippen molar-refractivity contribution in [2.45, 2.75) is 25.7 Å². The second-order valence-electron chi connectivity index (χ2n) is 5.63. The molecule has 1 N–H and O–H groups in total. The molecule has 1 aromatic carbocycles. The van der Waals surface area contributed by atoms with Crippen molar-refractivity contribution in [2.24, 2.45) is 0 Å². The molecule has 0 bridgehead atoms. The van der Waals surface area contributed by atoms with Gasteiger partial charge in [0.1, 0.15) is 0 Å². The molecule has 0 atom stereocenters. The molecule has 3 rings (SSSR count). The van der Waals surface area contributed by atoms with Crippen LogP contribution in [0.3, 0.4) is 0 Å². The number of benzene rings is 1. The van der Waals surface area contributed by atoms with Crippen molar-refractivity contribution < 1.29 is 19.0 Å². The number of anilines is 1. The third-order valence-electron chi connectivity index (χ3n) is 4.23. The lowest BCUT2D eigenvalue weighted by molar-refractivity contribution is 0.102. The summed E-state index contributed by atoms with van der Waals surface area (Å²) in [5, 5.41) is 4.91. The van der Waals surface area contributed by atoms with Gasteiger partial charge in [0.25, 0.3) is 5.91 Å². The van der Waals surface area contributed by atoms with Crippen molar-refractivity contribution in [3.8, 4) is 17.2 Å². The van der Waals surface area contributed by atoms with E-state index >= 15 is 0 Å². The van der Waals surface area contributed by atoms with E-state index < -0.39 is 0 Å². The number of carbonyl (C=O) groups is 1. The predicted octanol–water partition coefficient (Wildman–Crippen LogP) is 3.91. The number of rotatable bonds is 5. The van der Waals surface area contributed by atoms with Crippen LogP contribution in [0.4, 0.5) is 5.69 Å². The van der Waals surface area contributed by atoms with Crippen molar-refractivity contribution in [2.75, 3.05) is 26.6 Å². The maximum Gasteiger partial charge on any atom is 0.256 e. The Balaban J connectivity index is 1.88. The van der Waals surface area contributed by atoms with Crippen LogP contribution in [-0.2, 0) is 12.8 Å². The van der Waals surface area contributed by atoms with Crippen molar-refractivity contribution in [3.63, 3.8) is 0 Å². The molecule has 0 aliphatic heterocycles. The molecule has 0 saturated heterocycles. The van der Waals surface area contributed by atoms with Crippen LogP contribution in [0.1, 0.15) is 33.6 Å². The van der Waals surface area contributed by atoms with Gasteiger partial charge in [0.05, 0.1) is 26.9 Å². The third kappa shape index (κ3) is 3.06. The molecule has 0 fully saturated rings. The molecule has 0 saturated carbocycles. The zero-order chi connectivity index (χ0) is 17.1. The molecule has 1 amide bonds. The van der Waals surface area contributed by atoms with Gasteiger partial charge in [-0.2, -0.15) is 0 Å². The maximum absolute atomic E-state index is 12.7. The molecule has 24 heavy (non-hydrogen) atoms. The molecular weight excluding hydrogens is 326 g/mol. The summed E-state index contributed by atoms with van der Waals surface area (Å²) in [6, 6.07) is 3.47. The number of thiophene rings is 1. The minimum atomic E-state index is -0.0938. The van der Waals surface area contributed by atoms with Crippen molar-refractivity contribution in [1.82, 2.24) is 0 Å². The van der Waals surface area contributed by atoms with Crippen molar-refractivity contribution in [3.05, 3.63) is 33.5 Å². The van der Waals surface area contributed by atoms with Gasteiger partial charge in [0, 0.05) is 28.1 Å². The Morgan fingerprint density at radius 2 is 1.71 bits per heavy atom. The second-order valence-corrected chi connectivity index (χ2v) is 6.59. The average molecular weight is 347 g/mol. The second kappa shape index (κ2) is 7.13. The number of carbonyl (C=O) groups excluding carboxylic acids is 1. The standard InChI is InChI=1S/C18H21NO4S/c1-21-14-8-11(9-15(22-2)17(14)23-3)19-18(20)13-10-24-16-7-5-4-6-12(13)16/h8-10H,4-7H2,1-3H3,(H,19,20). The number of aryl methyl sites for hydroxylation is 1. The number of fused-ring (bicyclic) bond motifs is 1. The zero-order valence-electron chi connectivity index (χ0n) is 14.1. The summed E-state index contributed by atoms with van der Waals surface area (Å²) in [6.45, 7) is 0. The van der Waals surface area contributed by atoms with Gasteiger partial charge < -0.3 is 19.5 Å². The van der Waals surface area contributed by atoms with Crippen LogP contribution in [0.25, 0.3) is 0 Å². The fourth-order valence-electron chi connectivity index (χ4n) is 3.04. The molecule has 0 radical (unpaired) electrons. The molecule has 1 aromatic heterocycles. The summed E-state index contributed by atoms with van der Waals surface area (Å²) < 4.78 is 16.0. The fraction of sp³-hybridized carbons (Fsp3) is 0.389. The summed E-state index contributed by atoms with van der Waals surface area (Å²) in [7, 11) is 4.66. The highest BCUT2D eigenvalue weighted by Gasteiger charge is 2.21. The van der Waals surface area contributed by atoms with E-state index in [-0.39, 0.29) is 5.91 Å². The van der Waals surface area contributed by atoms with Crippen LogP contribution in [0.5, 0.6) is 17.2 Å². The van der Waals surface area contributed by atoms with Gasteiger partial charge in [-0.05, 0) is 31.2 Å². The Morgan fingerprint density at radius 1 is 1.04 bits per heavy atom. The summed E-state index contributed by atoms with van der Waals surface area (Å²) in [5.41, 5.74) is 2.60. The number of amides is 1. The highest BCUT2D eigenvalue weighted by molar-refractivity contribution is 7.10. The minimum Gasteiger partial charge on any atom is -0.493 e. The van der Waals surface area contributed by atoms with Crippen molar-refractivity contribution in [1.29, 1.82) is 0 Å². The first kappa shape index (κ1) is 16.6. The molecular formula is C18H21NO4S. The quantitative estimate of drug-likeness (QED) is 0.891. The maximum atomic E-state index is 12.7. The highest BCUT2D eigenvalue weighted by Crippen LogP contribution is 2.40. The van der Waals surface area contributed by atoms with E-state index in [1.165, 1.54) is 16.9 Å². The van der Waals surface area contributed by atoms with Crippen LogP contribution >= 0.6 is 11.3 Å². The average Bonchev–Trinajstić information content (AvgIpc) is 3.05. The first-order chi connectivity index (χ1) is 11.7. The van der Waals surface area contributed by atoms with Gasteiger partial charge in [-0.3, -0.25) is 4.79 Å². The zero-order valence-corrected chi connectivity index (χ0v) is 14.9. The topological polar surface area (TPSA) is 56.8 Å². The molecule has 1 heterocycles. The first-order valence-electron chi connectivity index (χ1n) is 7.88. The van der Waals surface area contributed by atoms with Crippen LogP contribution < -0.4 is 19.5 Å². The van der Waals surface area contributed by atoms with E-state index in [0.29, 0.717) is 22.9 Å². The molecule has 0 unspecified atom stereocenters. The summed E-state index contributed by atoms with van der Waals surface area (Å²) in [6.07, 6.45) is 4.42. The lowest BCUT2D eigenvalue weighted by Gasteiger charge is -2.15. The monoisotopic (exact) mass is 347 g/mol. The molecule has 1 aliphatic carbocycles. The van der Waals surface area contributed by atoms with Gasteiger partial charge in [-0.15, -0.1) is 11.3 Å². The third-order valence-corrected chi connectivity index (χ3v) is 5.32. The number of hydrogen-bond acceptors (Lipinski definition) is 5. The molecule has 5 nitrogen and oxygen atoms in total. The van der Waals surface area contributed by atoms with Crippen LogP contribution in [0, 0.1) is 0 Å². The lowest BCUT2D eigenvalue weighted by Crippen LogP contribution is -2.14. The molecule has 1 aliphatic rings. The van der Waals surface area contributed by atoms with Crippen molar-refractivity contribution >= 4 is 22.9 Å². The Labute approximate surface area is 145 Å². The van der Waals surface area contributed by atoms with Crippen LogP contribution in [0.15, 0.2) is 17.5 Å². The Kier molecular flexibility index (Phi) is 4.94. The van der Waals surface area contributed by atoms with E-state index in [1.807, 2.05) is 5.38 Å². The van der Waals surface area contributed by atoms with Gasteiger partial charge in [0.15, 0.2) is 11.5 Å². The van der Waals surface area contributed by atoms with E-state index in [2.05, 4.69) is 5.32 Å². The molecule has 128 valence electrons. The van der Waals surface area contributed by atoms with Crippen LogP contribution in [-0.4, -0.2) is 27.2 Å².